The van der Waals surface area contributed by atoms with Crippen LogP contribution in [0.25, 0.3) is 0 Å². The normalized spacial score (nSPS) is 37.8. The molecular weight excluding hydrogens is 212 g/mol. The van der Waals surface area contributed by atoms with E-state index in [1.54, 1.807) is 20.8 Å². The predicted molar refractivity (Wildman–Crippen MR) is 54.6 cm³/mol. The molecule has 0 spiro atoms. The number of hydrogen-bond acceptors (Lipinski definition) is 5. The highest BCUT2D eigenvalue weighted by atomic mass is 16.7. The summed E-state index contributed by atoms with van der Waals surface area (Å²) in [6, 6.07) is 0. The lowest BCUT2D eigenvalue weighted by Crippen LogP contribution is -2.40. The van der Waals surface area contributed by atoms with E-state index >= 15 is 0 Å². The van der Waals surface area contributed by atoms with Crippen molar-refractivity contribution in [1.82, 2.24) is 0 Å². The quantitative estimate of drug-likeness (QED) is 0.698. The molecule has 0 unspecified atom stereocenters. The first-order chi connectivity index (χ1) is 7.38. The number of aliphatic hydroxyl groups is 1. The molecule has 0 aromatic rings. The van der Waals surface area contributed by atoms with Gasteiger partial charge in [-0.05, 0) is 20.8 Å². The maximum Gasteiger partial charge on any atom is 0.311 e. The molecule has 2 fully saturated rings. The molecule has 16 heavy (non-hydrogen) atoms. The lowest BCUT2D eigenvalue weighted by atomic mass is 9.97. The molecule has 1 N–H and O–H groups in total. The minimum absolute atomic E-state index is 0.147. The van der Waals surface area contributed by atoms with Crippen LogP contribution in [0.5, 0.6) is 0 Å². The Hall–Kier alpha value is -0.650. The molecule has 2 bridgehead atoms. The van der Waals surface area contributed by atoms with Gasteiger partial charge in [0, 0.05) is 6.42 Å². The second kappa shape index (κ2) is 3.98. The zero-order valence-electron chi connectivity index (χ0n) is 9.80. The molecule has 0 amide bonds. The summed E-state index contributed by atoms with van der Waals surface area (Å²) in [6.07, 6.45) is -1.01. The fourth-order valence-corrected chi connectivity index (χ4v) is 1.86. The van der Waals surface area contributed by atoms with E-state index in [2.05, 4.69) is 0 Å². The number of fused-ring (bicyclic) bond motifs is 2. The molecule has 0 aromatic heterocycles. The monoisotopic (exact) mass is 230 g/mol. The lowest BCUT2D eigenvalue weighted by molar-refractivity contribution is -0.159. The summed E-state index contributed by atoms with van der Waals surface area (Å²) in [5, 5.41) is 9.57. The van der Waals surface area contributed by atoms with Gasteiger partial charge in [-0.1, -0.05) is 0 Å². The molecule has 4 atom stereocenters. The van der Waals surface area contributed by atoms with E-state index in [1.165, 1.54) is 0 Å². The van der Waals surface area contributed by atoms with E-state index in [0.29, 0.717) is 6.42 Å². The van der Waals surface area contributed by atoms with Crippen molar-refractivity contribution in [3.8, 4) is 0 Å². The average Bonchev–Trinajstić information content (AvgIpc) is 2.70. The molecule has 2 saturated heterocycles. The van der Waals surface area contributed by atoms with Crippen molar-refractivity contribution in [1.29, 1.82) is 0 Å². The fourth-order valence-electron chi connectivity index (χ4n) is 1.86. The Morgan fingerprint density at radius 2 is 2.12 bits per heavy atom. The molecular formula is C11H18O5. The molecule has 0 saturated carbocycles. The van der Waals surface area contributed by atoms with Crippen molar-refractivity contribution in [2.45, 2.75) is 51.8 Å². The van der Waals surface area contributed by atoms with E-state index in [4.69, 9.17) is 14.2 Å². The Bertz CT molecular complexity index is 283. The largest absolute Gasteiger partial charge is 0.462 e. The smallest absolute Gasteiger partial charge is 0.311 e. The van der Waals surface area contributed by atoms with Crippen LogP contribution in [0, 0.1) is 5.41 Å². The predicted octanol–water partition coefficient (Wildman–Crippen LogP) is 0.450. The van der Waals surface area contributed by atoms with Gasteiger partial charge in [0.2, 0.25) is 0 Å². The van der Waals surface area contributed by atoms with E-state index in [1.807, 2.05) is 0 Å². The zero-order chi connectivity index (χ0) is 11.9. The topological polar surface area (TPSA) is 65.0 Å². The summed E-state index contributed by atoms with van der Waals surface area (Å²) in [5.41, 5.74) is -0.517. The first kappa shape index (κ1) is 11.8. The molecule has 0 aliphatic carbocycles. The third kappa shape index (κ3) is 2.21. The Balaban J connectivity index is 1.82. The summed E-state index contributed by atoms with van der Waals surface area (Å²) in [4.78, 5) is 11.5. The average molecular weight is 230 g/mol. The van der Waals surface area contributed by atoms with Crippen LogP contribution in [0.3, 0.4) is 0 Å². The van der Waals surface area contributed by atoms with Crippen LogP contribution < -0.4 is 0 Å². The Morgan fingerprint density at radius 1 is 1.44 bits per heavy atom. The maximum atomic E-state index is 11.5. The van der Waals surface area contributed by atoms with Crippen LogP contribution in [0.2, 0.25) is 0 Å². The second-order valence-electron chi connectivity index (χ2n) is 5.36. The first-order valence-electron chi connectivity index (χ1n) is 5.54. The highest BCUT2D eigenvalue weighted by molar-refractivity contribution is 5.75. The minimum Gasteiger partial charge on any atom is -0.462 e. The summed E-state index contributed by atoms with van der Waals surface area (Å²) in [7, 11) is 0. The first-order valence-corrected chi connectivity index (χ1v) is 5.54. The number of rotatable bonds is 2. The van der Waals surface area contributed by atoms with Gasteiger partial charge in [-0.25, -0.2) is 0 Å². The van der Waals surface area contributed by atoms with Crippen molar-refractivity contribution < 1.29 is 24.1 Å². The van der Waals surface area contributed by atoms with Gasteiger partial charge in [0.25, 0.3) is 0 Å². The second-order valence-corrected chi connectivity index (χ2v) is 5.36. The molecule has 92 valence electrons. The van der Waals surface area contributed by atoms with Crippen molar-refractivity contribution in [2.24, 2.45) is 5.41 Å². The zero-order valence-corrected chi connectivity index (χ0v) is 9.80. The molecule has 5 heteroatoms. The van der Waals surface area contributed by atoms with Gasteiger partial charge in [-0.15, -0.1) is 0 Å². The van der Waals surface area contributed by atoms with E-state index < -0.39 is 11.5 Å². The van der Waals surface area contributed by atoms with Gasteiger partial charge < -0.3 is 19.3 Å². The summed E-state index contributed by atoms with van der Waals surface area (Å²) < 4.78 is 15.9. The van der Waals surface area contributed by atoms with Gasteiger partial charge in [0.05, 0.1) is 11.5 Å². The van der Waals surface area contributed by atoms with Gasteiger partial charge in [0.1, 0.15) is 18.8 Å². The highest BCUT2D eigenvalue weighted by Crippen LogP contribution is 2.33. The molecule has 5 nitrogen and oxygen atoms in total. The lowest BCUT2D eigenvalue weighted by Gasteiger charge is -2.24. The van der Waals surface area contributed by atoms with Crippen LogP contribution in [-0.2, 0) is 19.0 Å². The number of aliphatic hydroxyl groups excluding tert-OH is 1. The number of carbonyl (C=O) groups is 1. The highest BCUT2D eigenvalue weighted by Gasteiger charge is 2.48. The number of esters is 1. The maximum absolute atomic E-state index is 11.5. The van der Waals surface area contributed by atoms with Gasteiger partial charge in [-0.2, -0.15) is 0 Å². The standard InChI is InChI=1S/C11H18O5/c1-11(2,3)10(13)14-5-7-9-6(12)4-8(15-7)16-9/h6-9,12H,4-5H2,1-3H3/t6-,7-,8+,9-/m1/s1. The van der Waals surface area contributed by atoms with Crippen molar-refractivity contribution in [2.75, 3.05) is 6.61 Å². The Morgan fingerprint density at radius 3 is 2.62 bits per heavy atom. The molecule has 2 aliphatic heterocycles. The molecule has 2 heterocycles. The van der Waals surface area contributed by atoms with Gasteiger partial charge in [0.15, 0.2) is 6.29 Å². The number of ether oxygens (including phenoxy) is 3. The minimum atomic E-state index is -0.517. The molecule has 0 radical (unpaired) electrons. The SMILES string of the molecule is CC(C)(C)C(=O)OC[C@H]1O[C@@H]2C[C@@H](O)[C@H]1O2. The molecule has 2 aliphatic rings. The van der Waals surface area contributed by atoms with Crippen LogP contribution in [-0.4, -0.2) is 42.3 Å². The molecule has 2 rings (SSSR count). The number of hydrogen-bond donors (Lipinski definition) is 1. The Kier molecular flexibility index (Phi) is 2.94. The van der Waals surface area contributed by atoms with Gasteiger partial charge in [-0.3, -0.25) is 4.79 Å². The van der Waals surface area contributed by atoms with E-state index in [9.17, 15) is 9.90 Å². The van der Waals surface area contributed by atoms with E-state index in [0.717, 1.165) is 0 Å². The van der Waals surface area contributed by atoms with E-state index in [-0.39, 0.29) is 31.1 Å². The fraction of sp³-hybridized carbons (Fsp3) is 0.909. The van der Waals surface area contributed by atoms with Gasteiger partial charge >= 0.3 is 5.97 Å². The van der Waals surface area contributed by atoms with Crippen LogP contribution >= 0.6 is 0 Å². The third-order valence-electron chi connectivity index (χ3n) is 2.81. The third-order valence-corrected chi connectivity index (χ3v) is 2.81. The Labute approximate surface area is 94.7 Å². The van der Waals surface area contributed by atoms with Crippen molar-refractivity contribution >= 4 is 5.97 Å². The van der Waals surface area contributed by atoms with Crippen LogP contribution in [0.4, 0.5) is 0 Å². The summed E-state index contributed by atoms with van der Waals surface area (Å²) in [5.74, 6) is -0.270. The van der Waals surface area contributed by atoms with Crippen LogP contribution in [0.15, 0.2) is 0 Å². The van der Waals surface area contributed by atoms with Crippen LogP contribution in [0.1, 0.15) is 27.2 Å². The summed E-state index contributed by atoms with van der Waals surface area (Å²) in [6.45, 7) is 5.53. The summed E-state index contributed by atoms with van der Waals surface area (Å²) >= 11 is 0. The van der Waals surface area contributed by atoms with Crippen molar-refractivity contribution in [3.63, 3.8) is 0 Å². The van der Waals surface area contributed by atoms with Crippen molar-refractivity contribution in [3.05, 3.63) is 0 Å². The molecule has 0 aromatic carbocycles. The number of carbonyl (C=O) groups excluding carboxylic acids is 1.